The van der Waals surface area contributed by atoms with Crippen LogP contribution in [0.4, 0.5) is 0 Å². The van der Waals surface area contributed by atoms with Crippen LogP contribution in [0.15, 0.2) is 36.8 Å². The van der Waals surface area contributed by atoms with Crippen molar-refractivity contribution in [2.45, 2.75) is 27.2 Å². The van der Waals surface area contributed by atoms with Crippen LogP contribution in [-0.4, -0.2) is 9.97 Å². The summed E-state index contributed by atoms with van der Waals surface area (Å²) in [6, 6.07) is 6.55. The summed E-state index contributed by atoms with van der Waals surface area (Å²) >= 11 is 0. The minimum atomic E-state index is 0.871. The Labute approximate surface area is 136 Å². The molecule has 0 bridgehead atoms. The van der Waals surface area contributed by atoms with Crippen molar-refractivity contribution in [3.05, 3.63) is 64.7 Å². The zero-order valence-electron chi connectivity index (χ0n) is 14.0. The smallest absolute Gasteiger partial charge is 0.264 e. The minimum Gasteiger partial charge on any atom is -0.264 e. The Morgan fingerprint density at radius 3 is 2.70 bits per heavy atom. The van der Waals surface area contributed by atoms with E-state index in [1.54, 1.807) is 0 Å². The first-order chi connectivity index (χ1) is 11.0. The number of hydrogen-bond donors (Lipinski definition) is 0. The van der Waals surface area contributed by atoms with Gasteiger partial charge < -0.3 is 0 Å². The van der Waals surface area contributed by atoms with Crippen molar-refractivity contribution < 1.29 is 4.57 Å². The Bertz CT molecular complexity index is 942. The Balaban J connectivity index is 1.93. The summed E-state index contributed by atoms with van der Waals surface area (Å²) in [5, 5.41) is 0. The molecule has 3 heteroatoms. The monoisotopic (exact) mass is 302 g/mol. The summed E-state index contributed by atoms with van der Waals surface area (Å²) in [6.45, 7) is 6.49. The minimum absolute atomic E-state index is 0.871. The van der Waals surface area contributed by atoms with Crippen LogP contribution in [0.3, 0.4) is 0 Å². The van der Waals surface area contributed by atoms with Gasteiger partial charge in [0.2, 0.25) is 0 Å². The second-order valence-corrected chi connectivity index (χ2v) is 6.50. The third-order valence-corrected chi connectivity index (χ3v) is 4.81. The maximum Gasteiger partial charge on any atom is 0.330 e. The topological polar surface area (TPSA) is 29.7 Å². The fourth-order valence-electron chi connectivity index (χ4n) is 3.49. The van der Waals surface area contributed by atoms with Gasteiger partial charge in [0, 0.05) is 18.8 Å². The Kier molecular flexibility index (Phi) is 3.05. The van der Waals surface area contributed by atoms with Crippen molar-refractivity contribution in [2.75, 3.05) is 0 Å². The number of pyridine rings is 1. The van der Waals surface area contributed by atoms with Crippen molar-refractivity contribution in [3.8, 4) is 22.5 Å². The van der Waals surface area contributed by atoms with Crippen LogP contribution in [-0.2, 0) is 13.5 Å². The first-order valence-corrected chi connectivity index (χ1v) is 7.95. The van der Waals surface area contributed by atoms with E-state index in [1.807, 2.05) is 12.4 Å². The lowest BCUT2D eigenvalue weighted by Gasteiger charge is -2.09. The van der Waals surface area contributed by atoms with Crippen LogP contribution in [0.5, 0.6) is 0 Å². The zero-order valence-corrected chi connectivity index (χ0v) is 14.0. The standard InChI is InChI=1S/C20H20N3/c1-12-7-13(2)14(3)17(8-12)20-22-19-9-15-10-21-6-5-16(15)18(19)11-23(20)4/h5-8,10-11H,9H2,1-4H3/q+1. The molecular formula is C20H20N3+. The van der Waals surface area contributed by atoms with Crippen molar-refractivity contribution in [1.82, 2.24) is 9.97 Å². The van der Waals surface area contributed by atoms with Crippen LogP contribution in [0.1, 0.15) is 27.9 Å². The molecule has 2 heterocycles. The van der Waals surface area contributed by atoms with E-state index in [1.165, 1.54) is 38.9 Å². The Morgan fingerprint density at radius 1 is 1.04 bits per heavy atom. The summed E-state index contributed by atoms with van der Waals surface area (Å²) < 4.78 is 2.15. The van der Waals surface area contributed by atoms with Crippen molar-refractivity contribution in [3.63, 3.8) is 0 Å². The van der Waals surface area contributed by atoms with Gasteiger partial charge >= 0.3 is 5.82 Å². The molecule has 1 aromatic carbocycles. The molecule has 1 aliphatic carbocycles. The van der Waals surface area contributed by atoms with Crippen molar-refractivity contribution in [1.29, 1.82) is 0 Å². The molecule has 4 rings (SSSR count). The van der Waals surface area contributed by atoms with Crippen LogP contribution < -0.4 is 4.57 Å². The molecule has 114 valence electrons. The molecule has 0 amide bonds. The average molecular weight is 302 g/mol. The van der Waals surface area contributed by atoms with Gasteiger partial charge in [-0.15, -0.1) is 0 Å². The summed E-state index contributed by atoms with van der Waals surface area (Å²) in [4.78, 5) is 9.26. The van der Waals surface area contributed by atoms with Gasteiger partial charge in [-0.2, -0.15) is 0 Å². The van der Waals surface area contributed by atoms with Gasteiger partial charge in [-0.25, -0.2) is 4.57 Å². The number of aromatic nitrogens is 3. The summed E-state index contributed by atoms with van der Waals surface area (Å²) in [5.41, 5.74) is 10.0. The van der Waals surface area contributed by atoms with E-state index in [0.29, 0.717) is 0 Å². The number of hydrogen-bond acceptors (Lipinski definition) is 2. The molecule has 1 aliphatic rings. The molecule has 0 unspecified atom stereocenters. The number of aryl methyl sites for hydroxylation is 3. The third kappa shape index (κ3) is 2.15. The highest BCUT2D eigenvalue weighted by Gasteiger charge is 2.28. The molecule has 3 aromatic rings. The maximum atomic E-state index is 5.02. The molecule has 0 saturated heterocycles. The van der Waals surface area contributed by atoms with E-state index >= 15 is 0 Å². The van der Waals surface area contributed by atoms with E-state index in [4.69, 9.17) is 4.98 Å². The molecule has 2 aromatic heterocycles. The van der Waals surface area contributed by atoms with E-state index < -0.39 is 0 Å². The summed E-state index contributed by atoms with van der Waals surface area (Å²) in [7, 11) is 2.08. The highest BCUT2D eigenvalue weighted by atomic mass is 15.0. The lowest BCUT2D eigenvalue weighted by atomic mass is 9.99. The Morgan fingerprint density at radius 2 is 1.87 bits per heavy atom. The second-order valence-electron chi connectivity index (χ2n) is 6.50. The second kappa shape index (κ2) is 4.98. The van der Waals surface area contributed by atoms with Gasteiger partial charge in [-0.3, -0.25) is 4.98 Å². The average Bonchev–Trinajstić information content (AvgIpc) is 2.88. The molecule has 0 N–H and O–H groups in total. The molecule has 0 spiro atoms. The summed E-state index contributed by atoms with van der Waals surface area (Å²) in [5.74, 6) is 1.04. The lowest BCUT2D eigenvalue weighted by Crippen LogP contribution is -2.33. The van der Waals surface area contributed by atoms with E-state index in [9.17, 15) is 0 Å². The maximum absolute atomic E-state index is 5.02. The van der Waals surface area contributed by atoms with Gasteiger partial charge in [-0.1, -0.05) is 6.07 Å². The van der Waals surface area contributed by atoms with Crippen molar-refractivity contribution in [2.24, 2.45) is 7.05 Å². The number of nitrogens with zero attached hydrogens (tertiary/aromatic N) is 3. The molecule has 0 radical (unpaired) electrons. The van der Waals surface area contributed by atoms with Crippen LogP contribution in [0.25, 0.3) is 22.5 Å². The first kappa shape index (κ1) is 14.1. The number of fused-ring (bicyclic) bond motifs is 3. The molecule has 3 nitrogen and oxygen atoms in total. The molecule has 0 aliphatic heterocycles. The van der Waals surface area contributed by atoms with E-state index in [2.05, 4.69) is 61.8 Å². The van der Waals surface area contributed by atoms with E-state index in [0.717, 1.165) is 17.9 Å². The largest absolute Gasteiger partial charge is 0.330 e. The lowest BCUT2D eigenvalue weighted by molar-refractivity contribution is -0.662. The van der Waals surface area contributed by atoms with Crippen LogP contribution in [0, 0.1) is 20.8 Å². The normalized spacial score (nSPS) is 12.2. The highest BCUT2D eigenvalue weighted by molar-refractivity contribution is 5.74. The third-order valence-electron chi connectivity index (χ3n) is 4.81. The molecular weight excluding hydrogens is 282 g/mol. The quantitative estimate of drug-likeness (QED) is 0.504. The van der Waals surface area contributed by atoms with Crippen LogP contribution in [0.2, 0.25) is 0 Å². The van der Waals surface area contributed by atoms with E-state index in [-0.39, 0.29) is 0 Å². The van der Waals surface area contributed by atoms with Crippen LogP contribution >= 0.6 is 0 Å². The predicted octanol–water partition coefficient (Wildman–Crippen LogP) is 3.46. The summed E-state index contributed by atoms with van der Waals surface area (Å²) in [6.07, 6.45) is 6.89. The van der Waals surface area contributed by atoms with Gasteiger partial charge in [0.05, 0.1) is 18.2 Å². The Hall–Kier alpha value is -2.55. The predicted molar refractivity (Wildman–Crippen MR) is 91.1 cm³/mol. The highest BCUT2D eigenvalue weighted by Crippen LogP contribution is 2.35. The van der Waals surface area contributed by atoms with Gasteiger partial charge in [0.15, 0.2) is 5.69 Å². The number of rotatable bonds is 1. The fourth-order valence-corrected chi connectivity index (χ4v) is 3.49. The molecule has 23 heavy (non-hydrogen) atoms. The zero-order chi connectivity index (χ0) is 16.1. The molecule has 0 atom stereocenters. The van der Waals surface area contributed by atoms with Crippen molar-refractivity contribution >= 4 is 0 Å². The first-order valence-electron chi connectivity index (χ1n) is 7.95. The fraction of sp³-hybridized carbons (Fsp3) is 0.250. The number of benzene rings is 1. The van der Waals surface area contributed by atoms with Gasteiger partial charge in [0.25, 0.3) is 0 Å². The van der Waals surface area contributed by atoms with Gasteiger partial charge in [-0.05, 0) is 65.7 Å². The van der Waals surface area contributed by atoms with Gasteiger partial charge in [0.1, 0.15) is 6.20 Å². The molecule has 0 fully saturated rings. The molecule has 0 saturated carbocycles. The SMILES string of the molecule is Cc1cc(C)c(C)c(-c2nc3c(c[n+]2C)-c2ccncc2C3)c1.